The Bertz CT molecular complexity index is 671. The molecule has 0 bridgehead atoms. The van der Waals surface area contributed by atoms with E-state index in [1.54, 1.807) is 11.3 Å². The van der Waals surface area contributed by atoms with Crippen LogP contribution in [0.15, 0.2) is 54.3 Å². The molecule has 3 rings (SSSR count). The van der Waals surface area contributed by atoms with Crippen LogP contribution in [0, 0.1) is 0 Å². The lowest BCUT2D eigenvalue weighted by molar-refractivity contribution is 0.720. The lowest BCUT2D eigenvalue weighted by Crippen LogP contribution is -2.06. The number of benzene rings is 1. The maximum absolute atomic E-state index is 4.20. The van der Waals surface area contributed by atoms with Crippen LogP contribution in [-0.2, 0) is 13.1 Å². The van der Waals surface area contributed by atoms with Crippen LogP contribution in [-0.4, -0.2) is 9.55 Å². The van der Waals surface area contributed by atoms with Gasteiger partial charge in [0, 0.05) is 28.9 Å². The number of hydrogen-bond acceptors (Lipinski definition) is 3. The van der Waals surface area contributed by atoms with E-state index in [1.807, 2.05) is 12.5 Å². The van der Waals surface area contributed by atoms with Gasteiger partial charge in [-0.3, -0.25) is 0 Å². The summed E-state index contributed by atoms with van der Waals surface area (Å²) >= 11 is 1.76. The molecular weight excluding hydrogens is 266 g/mol. The molecule has 0 aliphatic carbocycles. The third-order valence-corrected chi connectivity index (χ3v) is 4.22. The monoisotopic (exact) mass is 283 g/mol. The topological polar surface area (TPSA) is 29.9 Å². The van der Waals surface area contributed by atoms with Crippen molar-refractivity contribution in [2.45, 2.75) is 20.0 Å². The van der Waals surface area contributed by atoms with Gasteiger partial charge in [-0.2, -0.15) is 0 Å². The fraction of sp³-hybridized carbons (Fsp3) is 0.188. The van der Waals surface area contributed by atoms with E-state index in [0.717, 1.165) is 13.1 Å². The molecule has 0 amide bonds. The Morgan fingerprint density at radius 2 is 2.10 bits per heavy atom. The number of aryl methyl sites for hydroxylation is 1. The van der Waals surface area contributed by atoms with E-state index in [2.05, 4.69) is 63.6 Å². The van der Waals surface area contributed by atoms with Gasteiger partial charge in [0.1, 0.15) is 0 Å². The molecule has 0 saturated carbocycles. The second kappa shape index (κ2) is 5.92. The SMILES string of the molecule is CCn1cncc1CNc1ccccc1-c1cccs1. The summed E-state index contributed by atoms with van der Waals surface area (Å²) in [4.78, 5) is 5.49. The van der Waals surface area contributed by atoms with Gasteiger partial charge in [0.05, 0.1) is 18.6 Å². The van der Waals surface area contributed by atoms with Gasteiger partial charge in [0.15, 0.2) is 0 Å². The van der Waals surface area contributed by atoms with Crippen molar-refractivity contribution in [3.63, 3.8) is 0 Å². The summed E-state index contributed by atoms with van der Waals surface area (Å²) in [7, 11) is 0. The fourth-order valence-corrected chi connectivity index (χ4v) is 3.02. The predicted octanol–water partition coefficient (Wildman–Crippen LogP) is 4.24. The molecule has 0 aliphatic heterocycles. The summed E-state index contributed by atoms with van der Waals surface area (Å²) in [5, 5.41) is 5.63. The number of nitrogens with zero attached hydrogens (tertiary/aromatic N) is 2. The zero-order valence-corrected chi connectivity index (χ0v) is 12.2. The molecule has 1 aromatic carbocycles. The third kappa shape index (κ3) is 2.60. The molecule has 3 aromatic rings. The average Bonchev–Trinajstić information content (AvgIpc) is 3.16. The molecule has 0 saturated heterocycles. The van der Waals surface area contributed by atoms with Crippen molar-refractivity contribution >= 4 is 17.0 Å². The number of para-hydroxylation sites is 1. The summed E-state index contributed by atoms with van der Waals surface area (Å²) in [5.41, 5.74) is 3.62. The number of anilines is 1. The predicted molar refractivity (Wildman–Crippen MR) is 85.0 cm³/mol. The van der Waals surface area contributed by atoms with Gasteiger partial charge in [-0.25, -0.2) is 4.98 Å². The number of rotatable bonds is 5. The van der Waals surface area contributed by atoms with E-state index in [0.29, 0.717) is 0 Å². The quantitative estimate of drug-likeness (QED) is 0.759. The Labute approximate surface area is 122 Å². The highest BCUT2D eigenvalue weighted by Crippen LogP contribution is 2.31. The van der Waals surface area contributed by atoms with Crippen molar-refractivity contribution < 1.29 is 0 Å². The maximum Gasteiger partial charge on any atom is 0.0948 e. The van der Waals surface area contributed by atoms with Crippen molar-refractivity contribution in [2.75, 3.05) is 5.32 Å². The third-order valence-electron chi connectivity index (χ3n) is 3.31. The largest absolute Gasteiger partial charge is 0.379 e. The summed E-state index contributed by atoms with van der Waals surface area (Å²) in [6.07, 6.45) is 3.80. The molecule has 0 aliphatic rings. The average molecular weight is 283 g/mol. The van der Waals surface area contributed by atoms with E-state index in [-0.39, 0.29) is 0 Å². The Balaban J connectivity index is 1.81. The van der Waals surface area contributed by atoms with Crippen LogP contribution in [0.5, 0.6) is 0 Å². The van der Waals surface area contributed by atoms with E-state index in [4.69, 9.17) is 0 Å². The molecule has 0 spiro atoms. The van der Waals surface area contributed by atoms with E-state index >= 15 is 0 Å². The highest BCUT2D eigenvalue weighted by Gasteiger charge is 2.06. The lowest BCUT2D eigenvalue weighted by Gasteiger charge is -2.12. The highest BCUT2D eigenvalue weighted by atomic mass is 32.1. The second-order valence-corrected chi connectivity index (χ2v) is 5.50. The van der Waals surface area contributed by atoms with Crippen molar-refractivity contribution in [1.82, 2.24) is 9.55 Å². The lowest BCUT2D eigenvalue weighted by atomic mass is 10.1. The normalized spacial score (nSPS) is 10.7. The van der Waals surface area contributed by atoms with Gasteiger partial charge in [0.25, 0.3) is 0 Å². The van der Waals surface area contributed by atoms with Gasteiger partial charge >= 0.3 is 0 Å². The maximum atomic E-state index is 4.20. The first-order valence-corrected chi connectivity index (χ1v) is 7.62. The van der Waals surface area contributed by atoms with Crippen LogP contribution in [0.2, 0.25) is 0 Å². The van der Waals surface area contributed by atoms with Crippen LogP contribution in [0.4, 0.5) is 5.69 Å². The van der Waals surface area contributed by atoms with E-state index < -0.39 is 0 Å². The van der Waals surface area contributed by atoms with Crippen LogP contribution >= 0.6 is 11.3 Å². The molecule has 3 nitrogen and oxygen atoms in total. The van der Waals surface area contributed by atoms with Crippen LogP contribution < -0.4 is 5.32 Å². The van der Waals surface area contributed by atoms with E-state index in [9.17, 15) is 0 Å². The zero-order chi connectivity index (χ0) is 13.8. The Morgan fingerprint density at radius 3 is 2.90 bits per heavy atom. The molecule has 0 atom stereocenters. The van der Waals surface area contributed by atoms with Crippen molar-refractivity contribution in [1.29, 1.82) is 0 Å². The van der Waals surface area contributed by atoms with E-state index in [1.165, 1.54) is 21.8 Å². The van der Waals surface area contributed by atoms with Crippen molar-refractivity contribution in [3.8, 4) is 10.4 Å². The molecule has 20 heavy (non-hydrogen) atoms. The Hall–Kier alpha value is -2.07. The minimum absolute atomic E-state index is 0.788. The van der Waals surface area contributed by atoms with Gasteiger partial charge < -0.3 is 9.88 Å². The molecule has 4 heteroatoms. The highest BCUT2D eigenvalue weighted by molar-refractivity contribution is 7.13. The van der Waals surface area contributed by atoms with Gasteiger partial charge in [-0.15, -0.1) is 11.3 Å². The molecule has 102 valence electrons. The number of nitrogens with one attached hydrogen (secondary N) is 1. The van der Waals surface area contributed by atoms with Crippen molar-refractivity contribution in [2.24, 2.45) is 0 Å². The first kappa shape index (κ1) is 12.9. The first-order chi connectivity index (χ1) is 9.88. The summed E-state index contributed by atoms with van der Waals surface area (Å²) in [6, 6.07) is 12.7. The van der Waals surface area contributed by atoms with Gasteiger partial charge in [-0.05, 0) is 24.4 Å². The molecular formula is C16H17N3S. The molecule has 0 unspecified atom stereocenters. The summed E-state index contributed by atoms with van der Waals surface area (Å²) in [6.45, 7) is 3.87. The molecule has 0 radical (unpaired) electrons. The number of thiophene rings is 1. The minimum atomic E-state index is 0.788. The van der Waals surface area contributed by atoms with Gasteiger partial charge in [0.2, 0.25) is 0 Å². The summed E-state index contributed by atoms with van der Waals surface area (Å²) < 4.78 is 2.15. The number of aromatic nitrogens is 2. The van der Waals surface area contributed by atoms with Crippen molar-refractivity contribution in [3.05, 3.63) is 60.0 Å². The molecule has 2 aromatic heterocycles. The first-order valence-electron chi connectivity index (χ1n) is 6.74. The van der Waals surface area contributed by atoms with Gasteiger partial charge in [-0.1, -0.05) is 24.3 Å². The fourth-order valence-electron chi connectivity index (χ4n) is 2.25. The molecule has 1 N–H and O–H groups in total. The Kier molecular flexibility index (Phi) is 3.83. The number of hydrogen-bond donors (Lipinski definition) is 1. The molecule has 2 heterocycles. The number of imidazole rings is 1. The minimum Gasteiger partial charge on any atom is -0.379 e. The second-order valence-electron chi connectivity index (χ2n) is 4.55. The van der Waals surface area contributed by atoms with Crippen LogP contribution in [0.25, 0.3) is 10.4 Å². The smallest absolute Gasteiger partial charge is 0.0948 e. The molecule has 0 fully saturated rings. The Morgan fingerprint density at radius 1 is 1.20 bits per heavy atom. The van der Waals surface area contributed by atoms with Crippen LogP contribution in [0.3, 0.4) is 0 Å². The summed E-state index contributed by atoms with van der Waals surface area (Å²) in [5.74, 6) is 0. The zero-order valence-electron chi connectivity index (χ0n) is 11.4. The standard InChI is InChI=1S/C16H17N3S/c1-2-19-12-17-10-13(19)11-18-15-7-4-3-6-14(15)16-8-5-9-20-16/h3-10,12,18H,2,11H2,1H3. The van der Waals surface area contributed by atoms with Crippen LogP contribution in [0.1, 0.15) is 12.6 Å².